The smallest absolute Gasteiger partial charge is 0.238 e. The molecule has 1 aliphatic heterocycles. The summed E-state index contributed by atoms with van der Waals surface area (Å²) in [5, 5.41) is 9.29. The number of carbonyl (C=O) groups is 1. The van der Waals surface area contributed by atoms with Gasteiger partial charge in [0.05, 0.1) is 5.41 Å². The minimum absolute atomic E-state index is 0.140. The zero-order valence-electron chi connectivity index (χ0n) is 14.7. The number of benzene rings is 1. The second-order valence-corrected chi connectivity index (χ2v) is 7.01. The van der Waals surface area contributed by atoms with Gasteiger partial charge in [0.2, 0.25) is 5.91 Å². The van der Waals surface area contributed by atoms with Gasteiger partial charge in [0.15, 0.2) is 0 Å². The Morgan fingerprint density at radius 2 is 1.88 bits per heavy atom. The van der Waals surface area contributed by atoms with Crippen molar-refractivity contribution in [1.29, 1.82) is 0 Å². The van der Waals surface area contributed by atoms with Crippen molar-refractivity contribution in [2.45, 2.75) is 52.4 Å². The van der Waals surface area contributed by atoms with E-state index in [1.165, 1.54) is 11.1 Å². The summed E-state index contributed by atoms with van der Waals surface area (Å²) in [4.78, 5) is 15.4. The molecule has 1 aliphatic carbocycles. The van der Waals surface area contributed by atoms with Gasteiger partial charge >= 0.3 is 0 Å². The van der Waals surface area contributed by atoms with Crippen LogP contribution in [-0.2, 0) is 4.79 Å². The van der Waals surface area contributed by atoms with E-state index in [4.69, 9.17) is 0 Å². The zero-order valence-corrected chi connectivity index (χ0v) is 14.7. The van der Waals surface area contributed by atoms with E-state index < -0.39 is 5.41 Å². The lowest BCUT2D eigenvalue weighted by molar-refractivity contribution is -0.129. The number of aliphatic hydroxyl groups is 1. The van der Waals surface area contributed by atoms with E-state index in [1.54, 1.807) is 0 Å². The SMILES string of the molecule is CCC1(CCCO)CC2=CCCC=C2N(c2ccc(C)cc2)C1=O. The molecule has 0 saturated carbocycles. The summed E-state index contributed by atoms with van der Waals surface area (Å²) in [6.45, 7) is 4.30. The molecule has 1 atom stereocenters. The van der Waals surface area contributed by atoms with E-state index >= 15 is 0 Å². The van der Waals surface area contributed by atoms with Crippen molar-refractivity contribution in [1.82, 2.24) is 0 Å². The summed E-state index contributed by atoms with van der Waals surface area (Å²) in [6, 6.07) is 8.20. The van der Waals surface area contributed by atoms with Crippen molar-refractivity contribution in [2.24, 2.45) is 5.41 Å². The molecule has 0 bridgehead atoms. The second kappa shape index (κ2) is 6.94. The number of piperidine rings is 1. The summed E-state index contributed by atoms with van der Waals surface area (Å²) in [5.74, 6) is 0.188. The Balaban J connectivity index is 2.06. The molecule has 2 aliphatic rings. The summed E-state index contributed by atoms with van der Waals surface area (Å²) < 4.78 is 0. The first-order valence-electron chi connectivity index (χ1n) is 9.03. The fourth-order valence-electron chi connectivity index (χ4n) is 3.91. The van der Waals surface area contributed by atoms with Gasteiger partial charge in [0.1, 0.15) is 0 Å². The Hall–Kier alpha value is -1.87. The van der Waals surface area contributed by atoms with Gasteiger partial charge in [0, 0.05) is 18.0 Å². The van der Waals surface area contributed by atoms with Crippen LogP contribution in [-0.4, -0.2) is 17.6 Å². The lowest BCUT2D eigenvalue weighted by Gasteiger charge is -2.45. The van der Waals surface area contributed by atoms with Crippen LogP contribution in [0.1, 0.15) is 51.0 Å². The van der Waals surface area contributed by atoms with Crippen LogP contribution in [0.25, 0.3) is 0 Å². The van der Waals surface area contributed by atoms with Gasteiger partial charge in [-0.25, -0.2) is 0 Å². The molecule has 1 amide bonds. The Morgan fingerprint density at radius 1 is 1.17 bits per heavy atom. The van der Waals surface area contributed by atoms with Gasteiger partial charge in [-0.15, -0.1) is 0 Å². The predicted octanol–water partition coefficient (Wildman–Crippen LogP) is 4.50. The average molecular weight is 325 g/mol. The van der Waals surface area contributed by atoms with E-state index in [0.717, 1.165) is 43.5 Å². The van der Waals surface area contributed by atoms with E-state index in [2.05, 4.69) is 38.1 Å². The molecular formula is C21H27NO2. The minimum atomic E-state index is -0.395. The third-order valence-electron chi connectivity index (χ3n) is 5.43. The number of nitrogens with zero attached hydrogens (tertiary/aromatic N) is 1. The predicted molar refractivity (Wildman–Crippen MR) is 97.7 cm³/mol. The lowest BCUT2D eigenvalue weighted by atomic mass is 9.70. The number of anilines is 1. The maximum absolute atomic E-state index is 13.5. The molecule has 3 heteroatoms. The highest BCUT2D eigenvalue weighted by Crippen LogP contribution is 2.47. The van der Waals surface area contributed by atoms with Crippen LogP contribution >= 0.6 is 0 Å². The highest BCUT2D eigenvalue weighted by atomic mass is 16.3. The Bertz CT molecular complexity index is 672. The number of allylic oxidation sites excluding steroid dienone is 3. The van der Waals surface area contributed by atoms with Crippen molar-refractivity contribution in [3.05, 3.63) is 53.3 Å². The fraction of sp³-hybridized carbons (Fsp3) is 0.476. The molecule has 1 aromatic carbocycles. The molecule has 1 N–H and O–H groups in total. The number of aliphatic hydroxyl groups excluding tert-OH is 1. The van der Waals surface area contributed by atoms with E-state index in [9.17, 15) is 9.90 Å². The molecule has 0 radical (unpaired) electrons. The zero-order chi connectivity index (χ0) is 17.2. The van der Waals surface area contributed by atoms with Gasteiger partial charge < -0.3 is 5.11 Å². The number of aryl methyl sites for hydroxylation is 1. The molecule has 3 nitrogen and oxygen atoms in total. The average Bonchev–Trinajstić information content (AvgIpc) is 2.61. The van der Waals surface area contributed by atoms with Crippen LogP contribution in [0.3, 0.4) is 0 Å². The molecule has 0 spiro atoms. The highest BCUT2D eigenvalue weighted by Gasteiger charge is 2.46. The van der Waals surface area contributed by atoms with Crippen LogP contribution in [0.2, 0.25) is 0 Å². The number of hydrogen-bond donors (Lipinski definition) is 1. The largest absolute Gasteiger partial charge is 0.396 e. The maximum atomic E-state index is 13.5. The topological polar surface area (TPSA) is 40.5 Å². The number of hydrogen-bond acceptors (Lipinski definition) is 2. The molecule has 24 heavy (non-hydrogen) atoms. The van der Waals surface area contributed by atoms with E-state index in [0.29, 0.717) is 6.42 Å². The Morgan fingerprint density at radius 3 is 2.54 bits per heavy atom. The first kappa shape index (κ1) is 17.0. The molecule has 128 valence electrons. The quantitative estimate of drug-likeness (QED) is 0.865. The minimum Gasteiger partial charge on any atom is -0.396 e. The number of carbonyl (C=O) groups excluding carboxylic acids is 1. The van der Waals surface area contributed by atoms with Crippen LogP contribution < -0.4 is 4.90 Å². The van der Waals surface area contributed by atoms with Crippen LogP contribution in [0.5, 0.6) is 0 Å². The first-order valence-corrected chi connectivity index (χ1v) is 9.03. The van der Waals surface area contributed by atoms with Crippen molar-refractivity contribution in [3.8, 4) is 0 Å². The summed E-state index contributed by atoms with van der Waals surface area (Å²) in [6.07, 6.45) is 9.57. The number of rotatable bonds is 5. The van der Waals surface area contributed by atoms with Gasteiger partial charge in [-0.3, -0.25) is 9.69 Å². The molecular weight excluding hydrogens is 298 g/mol. The number of amides is 1. The van der Waals surface area contributed by atoms with Crippen molar-refractivity contribution >= 4 is 11.6 Å². The van der Waals surface area contributed by atoms with Crippen LogP contribution in [0.4, 0.5) is 5.69 Å². The van der Waals surface area contributed by atoms with Crippen LogP contribution in [0, 0.1) is 12.3 Å². The summed E-state index contributed by atoms with van der Waals surface area (Å²) in [7, 11) is 0. The highest BCUT2D eigenvalue weighted by molar-refractivity contribution is 6.03. The van der Waals surface area contributed by atoms with E-state index in [-0.39, 0.29) is 12.5 Å². The molecule has 1 aromatic rings. The van der Waals surface area contributed by atoms with Crippen molar-refractivity contribution in [2.75, 3.05) is 11.5 Å². The fourth-order valence-corrected chi connectivity index (χ4v) is 3.91. The molecule has 0 aromatic heterocycles. The van der Waals surface area contributed by atoms with Gasteiger partial charge in [-0.05, 0) is 63.2 Å². The normalized spacial score (nSPS) is 23.6. The number of fused-ring (bicyclic) bond motifs is 1. The Kier molecular flexibility index (Phi) is 4.91. The second-order valence-electron chi connectivity index (χ2n) is 7.01. The monoisotopic (exact) mass is 325 g/mol. The van der Waals surface area contributed by atoms with Gasteiger partial charge in [-0.1, -0.05) is 36.8 Å². The summed E-state index contributed by atoms with van der Waals surface area (Å²) in [5.41, 5.74) is 4.11. The maximum Gasteiger partial charge on any atom is 0.238 e. The van der Waals surface area contributed by atoms with Gasteiger partial charge in [0.25, 0.3) is 0 Å². The van der Waals surface area contributed by atoms with Crippen molar-refractivity contribution < 1.29 is 9.90 Å². The molecule has 1 unspecified atom stereocenters. The lowest BCUT2D eigenvalue weighted by Crippen LogP contribution is -2.49. The third-order valence-corrected chi connectivity index (χ3v) is 5.43. The van der Waals surface area contributed by atoms with Crippen molar-refractivity contribution in [3.63, 3.8) is 0 Å². The first-order chi connectivity index (χ1) is 11.6. The standard InChI is InChI=1S/C21H27NO2/c1-3-21(13-6-14-23)15-17-7-4-5-8-19(17)22(20(21)24)18-11-9-16(2)10-12-18/h7-12,23H,3-6,13-15H2,1-2H3. The summed E-state index contributed by atoms with van der Waals surface area (Å²) >= 11 is 0. The third kappa shape index (κ3) is 2.93. The van der Waals surface area contributed by atoms with Crippen LogP contribution in [0.15, 0.2) is 47.7 Å². The van der Waals surface area contributed by atoms with E-state index in [1.807, 2.05) is 17.0 Å². The molecule has 1 saturated heterocycles. The molecule has 3 rings (SSSR count). The Labute approximate surface area is 144 Å². The molecule has 1 fully saturated rings. The molecule has 1 heterocycles. The van der Waals surface area contributed by atoms with Gasteiger partial charge in [-0.2, -0.15) is 0 Å².